The van der Waals surface area contributed by atoms with Gasteiger partial charge in [0.2, 0.25) is 5.91 Å². The lowest BCUT2D eigenvalue weighted by atomic mass is 10.0. The fraction of sp³-hybridized carbons (Fsp3) is 0.533. The first-order chi connectivity index (χ1) is 8.48. The summed E-state index contributed by atoms with van der Waals surface area (Å²) in [7, 11) is 0. The highest BCUT2D eigenvalue weighted by Gasteiger charge is 2.33. The maximum atomic E-state index is 12.0. The Bertz CT molecular complexity index is 440. The minimum Gasteiger partial charge on any atom is -0.388 e. The van der Waals surface area contributed by atoms with Gasteiger partial charge in [0.05, 0.1) is 5.60 Å². The van der Waals surface area contributed by atoms with E-state index in [0.717, 1.165) is 6.42 Å². The van der Waals surface area contributed by atoms with Gasteiger partial charge in [-0.1, -0.05) is 24.3 Å². The third-order valence-electron chi connectivity index (χ3n) is 3.67. The molecule has 1 heterocycles. The number of nitrogens with zero attached hydrogens (tertiary/aromatic N) is 1. The largest absolute Gasteiger partial charge is 0.388 e. The molecule has 1 aliphatic rings. The number of aliphatic hydroxyl groups is 1. The fourth-order valence-corrected chi connectivity index (χ4v) is 2.45. The molecular formula is C15H21NO2. The van der Waals surface area contributed by atoms with E-state index in [-0.39, 0.29) is 5.91 Å². The quantitative estimate of drug-likeness (QED) is 0.886. The Morgan fingerprint density at radius 3 is 2.78 bits per heavy atom. The molecule has 1 atom stereocenters. The van der Waals surface area contributed by atoms with E-state index in [0.29, 0.717) is 25.9 Å². The van der Waals surface area contributed by atoms with Crippen LogP contribution in [0.25, 0.3) is 0 Å². The minimum atomic E-state index is -0.696. The van der Waals surface area contributed by atoms with E-state index in [2.05, 4.69) is 19.1 Å². The molecule has 1 saturated heterocycles. The van der Waals surface area contributed by atoms with E-state index in [1.54, 1.807) is 11.8 Å². The second-order valence-electron chi connectivity index (χ2n) is 5.49. The summed E-state index contributed by atoms with van der Waals surface area (Å²) in [6, 6.07) is 8.16. The molecule has 1 aromatic rings. The van der Waals surface area contributed by atoms with Gasteiger partial charge in [0.15, 0.2) is 0 Å². The highest BCUT2D eigenvalue weighted by atomic mass is 16.3. The normalized spacial score (nSPS) is 23.4. The van der Waals surface area contributed by atoms with E-state index < -0.39 is 5.60 Å². The molecule has 0 saturated carbocycles. The molecule has 0 radical (unpaired) electrons. The molecule has 0 aromatic heterocycles. The van der Waals surface area contributed by atoms with Crippen molar-refractivity contribution in [1.29, 1.82) is 0 Å². The van der Waals surface area contributed by atoms with Crippen molar-refractivity contribution < 1.29 is 9.90 Å². The zero-order valence-corrected chi connectivity index (χ0v) is 11.1. The number of β-amino-alcohol motifs (C(OH)–C–C–N with tert-alkyl or cyclic N) is 1. The Hall–Kier alpha value is -1.35. The number of aryl methyl sites for hydroxylation is 2. The molecule has 1 amide bonds. The first-order valence-corrected chi connectivity index (χ1v) is 6.53. The lowest BCUT2D eigenvalue weighted by molar-refractivity contribution is -0.131. The van der Waals surface area contributed by atoms with Crippen molar-refractivity contribution in [2.24, 2.45) is 0 Å². The number of hydrogen-bond acceptors (Lipinski definition) is 2. The lowest BCUT2D eigenvalue weighted by Crippen LogP contribution is -2.34. The highest BCUT2D eigenvalue weighted by Crippen LogP contribution is 2.21. The van der Waals surface area contributed by atoms with Crippen molar-refractivity contribution in [1.82, 2.24) is 4.90 Å². The predicted molar refractivity (Wildman–Crippen MR) is 71.3 cm³/mol. The SMILES string of the molecule is Cc1ccccc1CCC(=O)N1CCC(C)(O)C1. The number of carbonyl (C=O) groups excluding carboxylic acids is 1. The van der Waals surface area contributed by atoms with Crippen LogP contribution in [0.1, 0.15) is 30.9 Å². The van der Waals surface area contributed by atoms with Crippen LogP contribution in [-0.4, -0.2) is 34.6 Å². The summed E-state index contributed by atoms with van der Waals surface area (Å²) in [5, 5.41) is 9.85. The van der Waals surface area contributed by atoms with Gasteiger partial charge in [-0.3, -0.25) is 4.79 Å². The summed E-state index contributed by atoms with van der Waals surface area (Å²) in [4.78, 5) is 13.8. The molecule has 18 heavy (non-hydrogen) atoms. The summed E-state index contributed by atoms with van der Waals surface area (Å²) < 4.78 is 0. The maximum Gasteiger partial charge on any atom is 0.223 e. The molecule has 0 aliphatic carbocycles. The van der Waals surface area contributed by atoms with Crippen molar-refractivity contribution in [2.45, 2.75) is 38.7 Å². The minimum absolute atomic E-state index is 0.149. The second-order valence-corrected chi connectivity index (χ2v) is 5.49. The number of carbonyl (C=O) groups is 1. The molecule has 1 fully saturated rings. The second kappa shape index (κ2) is 5.11. The van der Waals surface area contributed by atoms with Gasteiger partial charge in [-0.25, -0.2) is 0 Å². The standard InChI is InChI=1S/C15H21NO2/c1-12-5-3-4-6-13(12)7-8-14(17)16-10-9-15(2,18)11-16/h3-6,18H,7-11H2,1-2H3. The number of amides is 1. The summed E-state index contributed by atoms with van der Waals surface area (Å²) in [5.74, 6) is 0.149. The lowest BCUT2D eigenvalue weighted by Gasteiger charge is -2.19. The van der Waals surface area contributed by atoms with Gasteiger partial charge >= 0.3 is 0 Å². The van der Waals surface area contributed by atoms with Crippen molar-refractivity contribution in [2.75, 3.05) is 13.1 Å². The van der Waals surface area contributed by atoms with Gasteiger partial charge < -0.3 is 10.0 Å². The Kier molecular flexibility index (Phi) is 3.71. The van der Waals surface area contributed by atoms with E-state index in [1.807, 2.05) is 12.1 Å². The first kappa shape index (κ1) is 13.1. The molecule has 3 heteroatoms. The van der Waals surface area contributed by atoms with Crippen LogP contribution in [0, 0.1) is 6.92 Å². The first-order valence-electron chi connectivity index (χ1n) is 6.53. The van der Waals surface area contributed by atoms with Crippen molar-refractivity contribution in [3.8, 4) is 0 Å². The van der Waals surface area contributed by atoms with Crippen LogP contribution in [0.5, 0.6) is 0 Å². The average molecular weight is 247 g/mol. The predicted octanol–water partition coefficient (Wildman–Crippen LogP) is 1.91. The zero-order valence-electron chi connectivity index (χ0n) is 11.1. The van der Waals surface area contributed by atoms with E-state index in [1.165, 1.54) is 11.1 Å². The van der Waals surface area contributed by atoms with E-state index >= 15 is 0 Å². The van der Waals surface area contributed by atoms with Gasteiger partial charge in [0.1, 0.15) is 0 Å². The van der Waals surface area contributed by atoms with Gasteiger partial charge in [-0.2, -0.15) is 0 Å². The smallest absolute Gasteiger partial charge is 0.223 e. The van der Waals surface area contributed by atoms with Crippen LogP contribution in [0.4, 0.5) is 0 Å². The molecule has 0 spiro atoms. The molecule has 3 nitrogen and oxygen atoms in total. The fourth-order valence-electron chi connectivity index (χ4n) is 2.45. The molecule has 2 rings (SSSR count). The Balaban J connectivity index is 1.88. The van der Waals surface area contributed by atoms with Crippen LogP contribution in [0.3, 0.4) is 0 Å². The number of likely N-dealkylation sites (tertiary alicyclic amines) is 1. The van der Waals surface area contributed by atoms with Crippen molar-refractivity contribution in [3.05, 3.63) is 35.4 Å². The topological polar surface area (TPSA) is 40.5 Å². The molecule has 1 aliphatic heterocycles. The van der Waals surface area contributed by atoms with Gasteiger partial charge in [0.25, 0.3) is 0 Å². The summed E-state index contributed by atoms with van der Waals surface area (Å²) in [6.07, 6.45) is 1.99. The monoisotopic (exact) mass is 247 g/mol. The van der Waals surface area contributed by atoms with Crippen LogP contribution in [0.2, 0.25) is 0 Å². The third-order valence-corrected chi connectivity index (χ3v) is 3.67. The van der Waals surface area contributed by atoms with Crippen LogP contribution >= 0.6 is 0 Å². The maximum absolute atomic E-state index is 12.0. The number of rotatable bonds is 3. The molecule has 1 unspecified atom stereocenters. The molecule has 1 N–H and O–H groups in total. The zero-order chi connectivity index (χ0) is 13.2. The number of benzene rings is 1. The van der Waals surface area contributed by atoms with E-state index in [4.69, 9.17) is 0 Å². The molecular weight excluding hydrogens is 226 g/mol. The molecule has 0 bridgehead atoms. The third kappa shape index (κ3) is 3.10. The Morgan fingerprint density at radius 1 is 1.44 bits per heavy atom. The van der Waals surface area contributed by atoms with Gasteiger partial charge in [-0.05, 0) is 37.8 Å². The summed E-state index contributed by atoms with van der Waals surface area (Å²) >= 11 is 0. The number of hydrogen-bond donors (Lipinski definition) is 1. The van der Waals surface area contributed by atoms with Crippen LogP contribution in [-0.2, 0) is 11.2 Å². The van der Waals surface area contributed by atoms with Gasteiger partial charge in [0, 0.05) is 19.5 Å². The molecule has 98 valence electrons. The van der Waals surface area contributed by atoms with Crippen LogP contribution < -0.4 is 0 Å². The van der Waals surface area contributed by atoms with Gasteiger partial charge in [-0.15, -0.1) is 0 Å². The summed E-state index contributed by atoms with van der Waals surface area (Å²) in [5.41, 5.74) is 1.77. The molecule has 1 aromatic carbocycles. The van der Waals surface area contributed by atoms with E-state index in [9.17, 15) is 9.90 Å². The summed E-state index contributed by atoms with van der Waals surface area (Å²) in [6.45, 7) is 5.02. The van der Waals surface area contributed by atoms with Crippen molar-refractivity contribution in [3.63, 3.8) is 0 Å². The highest BCUT2D eigenvalue weighted by molar-refractivity contribution is 5.77. The van der Waals surface area contributed by atoms with Crippen molar-refractivity contribution >= 4 is 5.91 Å². The Labute approximate surface area is 108 Å². The van der Waals surface area contributed by atoms with Crippen LogP contribution in [0.15, 0.2) is 24.3 Å². The Morgan fingerprint density at radius 2 is 2.17 bits per heavy atom. The average Bonchev–Trinajstić information content (AvgIpc) is 2.68.